The van der Waals surface area contributed by atoms with Crippen molar-refractivity contribution in [2.45, 2.75) is 57.2 Å². The molecule has 42 heavy (non-hydrogen) atoms. The van der Waals surface area contributed by atoms with Crippen LogP contribution in [0.3, 0.4) is 0 Å². The summed E-state index contributed by atoms with van der Waals surface area (Å²) >= 11 is 0. The molecule has 3 aromatic rings. The fourth-order valence-electron chi connectivity index (χ4n) is 5.21. The molecule has 1 aliphatic carbocycles. The SMILES string of the molecule is COC(=O)C[PH](=O)OC(CC1CCCCC1)NC(=O)[C@H](Cc1ccccc1)NC(=O)COc1ccc2ccccc2c1. The quantitative estimate of drug-likeness (QED) is 0.153. The summed E-state index contributed by atoms with van der Waals surface area (Å²) in [6.07, 6.45) is 4.81. The molecule has 0 saturated heterocycles. The van der Waals surface area contributed by atoms with Gasteiger partial charge in [0.15, 0.2) is 6.61 Å². The van der Waals surface area contributed by atoms with E-state index < -0.39 is 38.1 Å². The molecule has 0 heterocycles. The largest absolute Gasteiger partial charge is 0.484 e. The molecule has 2 N–H and O–H groups in total. The van der Waals surface area contributed by atoms with Crippen LogP contribution in [0.5, 0.6) is 5.75 Å². The Bertz CT molecular complexity index is 1360. The molecule has 1 saturated carbocycles. The van der Waals surface area contributed by atoms with Crippen molar-refractivity contribution in [1.29, 1.82) is 0 Å². The Kier molecular flexibility index (Phi) is 12.0. The predicted molar refractivity (Wildman–Crippen MR) is 162 cm³/mol. The highest BCUT2D eigenvalue weighted by Crippen LogP contribution is 2.31. The first-order valence-corrected chi connectivity index (χ1v) is 15.9. The van der Waals surface area contributed by atoms with Gasteiger partial charge < -0.3 is 24.6 Å². The zero-order valence-electron chi connectivity index (χ0n) is 23.9. The summed E-state index contributed by atoms with van der Waals surface area (Å²) in [6.45, 7) is -0.272. The van der Waals surface area contributed by atoms with Gasteiger partial charge in [0.2, 0.25) is 13.9 Å². The maximum atomic E-state index is 13.6. The van der Waals surface area contributed by atoms with Crippen LogP contribution in [-0.4, -0.2) is 49.9 Å². The Morgan fingerprint density at radius 2 is 1.62 bits per heavy atom. The third-order valence-corrected chi connectivity index (χ3v) is 8.52. The molecule has 0 bridgehead atoms. The molecule has 0 aliphatic heterocycles. The van der Waals surface area contributed by atoms with E-state index in [1.807, 2.05) is 66.7 Å². The Labute approximate surface area is 247 Å². The van der Waals surface area contributed by atoms with E-state index in [9.17, 15) is 18.9 Å². The van der Waals surface area contributed by atoms with Crippen molar-refractivity contribution in [3.63, 3.8) is 0 Å². The van der Waals surface area contributed by atoms with E-state index in [4.69, 9.17) is 9.26 Å². The van der Waals surface area contributed by atoms with Gasteiger partial charge in [0.05, 0.1) is 7.11 Å². The van der Waals surface area contributed by atoms with Crippen molar-refractivity contribution in [1.82, 2.24) is 10.6 Å². The molecule has 10 heteroatoms. The zero-order valence-corrected chi connectivity index (χ0v) is 24.9. The van der Waals surface area contributed by atoms with E-state index in [0.717, 1.165) is 42.0 Å². The number of ether oxygens (including phenoxy) is 2. The van der Waals surface area contributed by atoms with Crippen LogP contribution in [0.25, 0.3) is 10.8 Å². The highest BCUT2D eigenvalue weighted by molar-refractivity contribution is 7.40. The Morgan fingerprint density at radius 3 is 2.36 bits per heavy atom. The molecule has 0 radical (unpaired) electrons. The lowest BCUT2D eigenvalue weighted by Crippen LogP contribution is -2.52. The summed E-state index contributed by atoms with van der Waals surface area (Å²) in [5.41, 5.74) is 0.859. The Balaban J connectivity index is 1.43. The van der Waals surface area contributed by atoms with E-state index in [1.54, 1.807) is 6.07 Å². The van der Waals surface area contributed by atoms with Crippen LogP contribution >= 0.6 is 8.03 Å². The van der Waals surface area contributed by atoms with Gasteiger partial charge in [-0.15, -0.1) is 0 Å². The maximum Gasteiger partial charge on any atom is 0.315 e. The van der Waals surface area contributed by atoms with Crippen molar-refractivity contribution in [3.05, 3.63) is 78.4 Å². The smallest absolute Gasteiger partial charge is 0.315 e. The number of carbonyl (C=O) groups excluding carboxylic acids is 3. The van der Waals surface area contributed by atoms with Gasteiger partial charge in [-0.1, -0.05) is 92.8 Å². The Morgan fingerprint density at radius 1 is 0.905 bits per heavy atom. The number of fused-ring (bicyclic) bond motifs is 1. The summed E-state index contributed by atoms with van der Waals surface area (Å²) in [6, 6.07) is 21.9. The molecule has 1 aliphatic rings. The standard InChI is InChI=1S/C32H39N2O7P/c1-39-31(36)22-42(38)41-30(19-24-12-6-3-7-13-24)34-32(37)28(18-23-10-4-2-5-11-23)33-29(35)21-40-27-17-16-25-14-8-9-15-26(25)20-27/h2,4-5,8-11,14-17,20,24,28,30,42H,3,6-7,12-13,18-19,21-22H2,1H3,(H,33,35)(H,34,37)/t28-,30?/m0/s1. The first-order chi connectivity index (χ1) is 20.4. The maximum absolute atomic E-state index is 13.6. The summed E-state index contributed by atoms with van der Waals surface area (Å²) in [4.78, 5) is 38.2. The van der Waals surface area contributed by atoms with E-state index in [-0.39, 0.29) is 19.2 Å². The first kappa shape index (κ1) is 31.3. The Hall–Kier alpha value is -3.68. The van der Waals surface area contributed by atoms with Crippen LogP contribution in [-0.2, 0) is 34.6 Å². The topological polar surface area (TPSA) is 120 Å². The lowest BCUT2D eigenvalue weighted by molar-refractivity contribution is -0.137. The molecule has 2 unspecified atom stereocenters. The van der Waals surface area contributed by atoms with Gasteiger partial charge in [0, 0.05) is 6.42 Å². The highest BCUT2D eigenvalue weighted by atomic mass is 31.1. The molecule has 3 aromatic carbocycles. The zero-order chi connectivity index (χ0) is 29.7. The van der Waals surface area contributed by atoms with Crippen LogP contribution in [0.4, 0.5) is 0 Å². The lowest BCUT2D eigenvalue weighted by atomic mass is 9.86. The van der Waals surface area contributed by atoms with Gasteiger partial charge in [-0.2, -0.15) is 0 Å². The molecule has 3 atom stereocenters. The minimum absolute atomic E-state index is 0.238. The van der Waals surface area contributed by atoms with Crippen molar-refractivity contribution in [2.24, 2.45) is 5.92 Å². The number of hydrogen-bond acceptors (Lipinski definition) is 7. The second-order valence-corrected chi connectivity index (χ2v) is 11.9. The molecule has 1 fully saturated rings. The van der Waals surface area contributed by atoms with Crippen molar-refractivity contribution in [2.75, 3.05) is 19.9 Å². The normalized spacial score (nSPS) is 15.7. The fourth-order valence-corrected chi connectivity index (χ4v) is 6.15. The molecule has 4 rings (SSSR count). The summed E-state index contributed by atoms with van der Waals surface area (Å²) in [5, 5.41) is 7.72. The first-order valence-electron chi connectivity index (χ1n) is 14.4. The van der Waals surface area contributed by atoms with Gasteiger partial charge in [0.25, 0.3) is 5.91 Å². The number of esters is 1. The van der Waals surface area contributed by atoms with E-state index >= 15 is 0 Å². The average Bonchev–Trinajstić information content (AvgIpc) is 3.00. The van der Waals surface area contributed by atoms with Crippen LogP contribution in [0.1, 0.15) is 44.1 Å². The third kappa shape index (κ3) is 10.00. The van der Waals surface area contributed by atoms with Gasteiger partial charge in [-0.05, 0) is 40.8 Å². The molecular formula is C32H39N2O7P. The van der Waals surface area contributed by atoms with Crippen molar-refractivity contribution < 1.29 is 32.9 Å². The minimum atomic E-state index is -2.80. The van der Waals surface area contributed by atoms with E-state index in [1.165, 1.54) is 13.5 Å². The number of methoxy groups -OCH3 is 1. The number of rotatable bonds is 14. The monoisotopic (exact) mass is 594 g/mol. The molecule has 224 valence electrons. The number of nitrogens with one attached hydrogen (secondary N) is 2. The van der Waals surface area contributed by atoms with E-state index in [0.29, 0.717) is 18.1 Å². The summed E-state index contributed by atoms with van der Waals surface area (Å²) < 4.78 is 28.7. The predicted octanol–water partition coefficient (Wildman–Crippen LogP) is 5.02. The van der Waals surface area contributed by atoms with Crippen molar-refractivity contribution >= 4 is 36.6 Å². The van der Waals surface area contributed by atoms with Gasteiger partial charge in [0.1, 0.15) is 24.2 Å². The van der Waals surface area contributed by atoms with Crippen LogP contribution < -0.4 is 15.4 Å². The van der Waals surface area contributed by atoms with Gasteiger partial charge >= 0.3 is 5.97 Å². The van der Waals surface area contributed by atoms with Gasteiger partial charge in [-0.3, -0.25) is 18.9 Å². The second-order valence-electron chi connectivity index (χ2n) is 10.6. The highest BCUT2D eigenvalue weighted by Gasteiger charge is 2.28. The molecule has 2 amide bonds. The van der Waals surface area contributed by atoms with Crippen LogP contribution in [0.15, 0.2) is 72.8 Å². The number of benzene rings is 3. The van der Waals surface area contributed by atoms with Crippen LogP contribution in [0.2, 0.25) is 0 Å². The van der Waals surface area contributed by atoms with Crippen molar-refractivity contribution in [3.8, 4) is 5.75 Å². The number of hydrogen-bond donors (Lipinski definition) is 2. The lowest BCUT2D eigenvalue weighted by Gasteiger charge is -2.28. The molecule has 0 spiro atoms. The summed E-state index contributed by atoms with van der Waals surface area (Å²) in [7, 11) is -1.58. The number of amides is 2. The average molecular weight is 595 g/mol. The van der Waals surface area contributed by atoms with E-state index in [2.05, 4.69) is 15.4 Å². The van der Waals surface area contributed by atoms with Gasteiger partial charge in [-0.25, -0.2) is 0 Å². The minimum Gasteiger partial charge on any atom is -0.484 e. The molecular weight excluding hydrogens is 555 g/mol. The summed E-state index contributed by atoms with van der Waals surface area (Å²) in [5.74, 6) is -0.712. The molecule has 0 aromatic heterocycles. The number of carbonyl (C=O) groups is 3. The third-order valence-electron chi connectivity index (χ3n) is 7.39. The molecule has 9 nitrogen and oxygen atoms in total. The van der Waals surface area contributed by atoms with Crippen LogP contribution in [0, 0.1) is 5.92 Å². The second kappa shape index (κ2) is 16.1. The fraction of sp³-hybridized carbons (Fsp3) is 0.406.